The van der Waals surface area contributed by atoms with E-state index in [2.05, 4.69) is 27.7 Å². The molecule has 0 aliphatic carbocycles. The Morgan fingerprint density at radius 3 is 0.711 bits per heavy atom. The molecule has 0 radical (unpaired) electrons. The summed E-state index contributed by atoms with van der Waals surface area (Å²) in [6.07, 6.45) is 45.4. The summed E-state index contributed by atoms with van der Waals surface area (Å²) < 4.78 is 67.5. The van der Waals surface area contributed by atoms with Crippen molar-refractivity contribution in [3.05, 3.63) is 0 Å². The summed E-state index contributed by atoms with van der Waals surface area (Å²) in [5.74, 6) is -2.16. The molecular weight excluding hydrogens is 1100 g/mol. The van der Waals surface area contributed by atoms with Crippen molar-refractivity contribution < 1.29 is 80.2 Å². The molecule has 0 saturated carbocycles. The molecule has 3 N–H and O–H groups in total. The number of rotatable bonds is 65. The fourth-order valence-corrected chi connectivity index (χ4v) is 11.2. The van der Waals surface area contributed by atoms with E-state index in [0.29, 0.717) is 25.7 Å². The third-order valence-corrected chi connectivity index (χ3v) is 16.8. The van der Waals surface area contributed by atoms with Gasteiger partial charge in [-0.05, 0) is 25.7 Å². The van der Waals surface area contributed by atoms with E-state index in [4.69, 9.17) is 37.0 Å². The van der Waals surface area contributed by atoms with Crippen molar-refractivity contribution in [2.24, 2.45) is 0 Å². The van der Waals surface area contributed by atoms with Crippen molar-refractivity contribution in [1.82, 2.24) is 0 Å². The molecule has 0 aliphatic rings. The van der Waals surface area contributed by atoms with Crippen molar-refractivity contribution in [2.75, 3.05) is 39.6 Å². The van der Waals surface area contributed by atoms with Crippen LogP contribution >= 0.6 is 15.6 Å². The Kier molecular flexibility index (Phi) is 57.7. The summed E-state index contributed by atoms with van der Waals surface area (Å²) in [6, 6.07) is 0. The van der Waals surface area contributed by atoms with Crippen molar-refractivity contribution in [3.8, 4) is 0 Å². The maximum atomic E-state index is 13.0. The Morgan fingerprint density at radius 1 is 0.289 bits per heavy atom. The van der Waals surface area contributed by atoms with Gasteiger partial charge in [0, 0.05) is 25.7 Å². The van der Waals surface area contributed by atoms with Gasteiger partial charge in [-0.25, -0.2) is 9.13 Å². The largest absolute Gasteiger partial charge is 0.472 e. The Morgan fingerprint density at radius 2 is 0.482 bits per heavy atom. The Bertz CT molecular complexity index is 1600. The number of unbranched alkanes of at least 4 members (excludes halogenated alkanes) is 39. The van der Waals surface area contributed by atoms with Gasteiger partial charge in [-0.2, -0.15) is 0 Å². The zero-order chi connectivity index (χ0) is 61.2. The van der Waals surface area contributed by atoms with Gasteiger partial charge in [0.05, 0.1) is 26.4 Å². The first-order valence-electron chi connectivity index (χ1n) is 33.8. The lowest BCUT2D eigenvalue weighted by molar-refractivity contribution is -0.161. The zero-order valence-corrected chi connectivity index (χ0v) is 54.9. The highest BCUT2D eigenvalue weighted by molar-refractivity contribution is 7.47. The maximum Gasteiger partial charge on any atom is 0.472 e. The lowest BCUT2D eigenvalue weighted by Crippen LogP contribution is -2.30. The maximum absolute atomic E-state index is 13.0. The zero-order valence-electron chi connectivity index (χ0n) is 53.2. The van der Waals surface area contributed by atoms with Crippen LogP contribution in [0, 0.1) is 0 Å². The molecule has 2 unspecified atom stereocenters. The van der Waals surface area contributed by atoms with Gasteiger partial charge in [0.1, 0.15) is 19.3 Å². The summed E-state index contributed by atoms with van der Waals surface area (Å²) in [4.78, 5) is 71.6. The van der Waals surface area contributed by atoms with Crippen molar-refractivity contribution in [2.45, 2.75) is 348 Å². The standard InChI is InChI=1S/C64H124O17P2/c1-5-9-13-17-19-21-23-25-26-27-28-29-30-31-32-33-35-37-39-43-47-51-64(69)81-60(55-75-62(67)49-45-42-38-36-34-24-22-20-18-14-10-6-2)57-79-83(72,73)77-53-58(65)52-76-82(70,71)78-56-59(80-63(68)50-46-41-16-12-8-4)54-74-61(66)48-44-40-15-11-7-3/h58-60,65H,5-57H2,1-4H3,(H,70,71)(H,72,73)/t58-,59+,60+/m0/s1. The summed E-state index contributed by atoms with van der Waals surface area (Å²) in [6.45, 7) is 4.71. The van der Waals surface area contributed by atoms with Crippen molar-refractivity contribution in [1.29, 1.82) is 0 Å². The highest BCUT2D eigenvalue weighted by Crippen LogP contribution is 2.45. The minimum absolute atomic E-state index is 0.0992. The first-order valence-corrected chi connectivity index (χ1v) is 36.8. The lowest BCUT2D eigenvalue weighted by Gasteiger charge is -2.21. The quantitative estimate of drug-likeness (QED) is 0.0222. The molecule has 0 amide bonds. The molecule has 0 fully saturated rings. The Balaban J connectivity index is 5.03. The second-order valence-corrected chi connectivity index (χ2v) is 26.1. The molecule has 0 aliphatic heterocycles. The molecular formula is C64H124O17P2. The van der Waals surface area contributed by atoms with Gasteiger partial charge in [-0.15, -0.1) is 0 Å². The van der Waals surface area contributed by atoms with Crippen LogP contribution in [-0.2, 0) is 65.4 Å². The van der Waals surface area contributed by atoms with E-state index in [-0.39, 0.29) is 25.7 Å². The monoisotopic (exact) mass is 1230 g/mol. The molecule has 492 valence electrons. The van der Waals surface area contributed by atoms with Crippen LogP contribution in [0.1, 0.15) is 329 Å². The topological polar surface area (TPSA) is 237 Å². The average Bonchev–Trinajstić information content (AvgIpc) is 3.50. The van der Waals surface area contributed by atoms with Crippen LogP contribution in [0.25, 0.3) is 0 Å². The normalized spacial score (nSPS) is 14.2. The summed E-state index contributed by atoms with van der Waals surface area (Å²) >= 11 is 0. The number of phosphoric ester groups is 2. The van der Waals surface area contributed by atoms with E-state index in [9.17, 15) is 43.2 Å². The predicted molar refractivity (Wildman–Crippen MR) is 331 cm³/mol. The number of esters is 4. The molecule has 19 heteroatoms. The lowest BCUT2D eigenvalue weighted by atomic mass is 10.0. The van der Waals surface area contributed by atoms with Crippen LogP contribution in [0.2, 0.25) is 0 Å². The van der Waals surface area contributed by atoms with Crippen LogP contribution < -0.4 is 0 Å². The van der Waals surface area contributed by atoms with Gasteiger partial charge in [-0.1, -0.05) is 278 Å². The van der Waals surface area contributed by atoms with Crippen LogP contribution in [0.4, 0.5) is 0 Å². The van der Waals surface area contributed by atoms with Gasteiger partial charge in [0.15, 0.2) is 12.2 Å². The molecule has 0 spiro atoms. The van der Waals surface area contributed by atoms with Gasteiger partial charge in [0.25, 0.3) is 0 Å². The SMILES string of the molecule is CCCCCCCCCCCCCCCCCCCCCCCC(=O)O[C@H](COC(=O)CCCCCCCCCCCCCC)COP(=O)(O)OC[C@@H](O)COP(=O)(O)OC[C@@H](COC(=O)CCCCCCC)OC(=O)CCCCCCC. The van der Waals surface area contributed by atoms with Crippen LogP contribution in [-0.4, -0.2) is 96.7 Å². The summed E-state index contributed by atoms with van der Waals surface area (Å²) in [7, 11) is -9.86. The third-order valence-electron chi connectivity index (χ3n) is 14.9. The van der Waals surface area contributed by atoms with Crippen molar-refractivity contribution >= 4 is 39.5 Å². The van der Waals surface area contributed by atoms with Crippen molar-refractivity contribution in [3.63, 3.8) is 0 Å². The number of aliphatic hydroxyl groups is 1. The molecule has 0 aromatic heterocycles. The minimum atomic E-state index is -4.94. The molecule has 83 heavy (non-hydrogen) atoms. The smallest absolute Gasteiger partial charge is 0.462 e. The molecule has 17 nitrogen and oxygen atoms in total. The molecule has 0 aromatic carbocycles. The summed E-state index contributed by atoms with van der Waals surface area (Å²) in [5, 5.41) is 10.5. The van der Waals surface area contributed by atoms with Gasteiger partial charge in [-0.3, -0.25) is 37.3 Å². The molecule has 0 heterocycles. The minimum Gasteiger partial charge on any atom is -0.462 e. The van der Waals surface area contributed by atoms with Crippen LogP contribution in [0.5, 0.6) is 0 Å². The second-order valence-electron chi connectivity index (χ2n) is 23.2. The Hall–Kier alpha value is -1.94. The van der Waals surface area contributed by atoms with Crippen LogP contribution in [0.3, 0.4) is 0 Å². The van der Waals surface area contributed by atoms with E-state index in [1.54, 1.807) is 0 Å². The molecule has 0 bridgehead atoms. The highest BCUT2D eigenvalue weighted by Gasteiger charge is 2.30. The van der Waals surface area contributed by atoms with Gasteiger partial charge in [0.2, 0.25) is 0 Å². The Labute approximate surface area is 505 Å². The van der Waals surface area contributed by atoms with E-state index in [1.807, 2.05) is 0 Å². The number of carbonyl (C=O) groups excluding carboxylic acids is 4. The number of aliphatic hydroxyl groups excluding tert-OH is 1. The molecule has 0 saturated heterocycles. The van der Waals surface area contributed by atoms with Gasteiger partial charge >= 0.3 is 39.5 Å². The van der Waals surface area contributed by atoms with E-state index < -0.39 is 97.5 Å². The fourth-order valence-electron chi connectivity index (χ4n) is 9.63. The third kappa shape index (κ3) is 58.8. The first kappa shape index (κ1) is 81.1. The van der Waals surface area contributed by atoms with Crippen LogP contribution in [0.15, 0.2) is 0 Å². The number of hydrogen-bond acceptors (Lipinski definition) is 15. The number of phosphoric acid groups is 2. The second kappa shape index (κ2) is 59.0. The van der Waals surface area contributed by atoms with E-state index >= 15 is 0 Å². The molecule has 0 aromatic rings. The van der Waals surface area contributed by atoms with E-state index in [1.165, 1.54) is 154 Å². The highest BCUT2D eigenvalue weighted by atomic mass is 31.2. The number of hydrogen-bond donors (Lipinski definition) is 3. The average molecular weight is 1230 g/mol. The van der Waals surface area contributed by atoms with Gasteiger partial charge < -0.3 is 33.8 Å². The predicted octanol–water partition coefficient (Wildman–Crippen LogP) is 17.9. The fraction of sp³-hybridized carbons (Fsp3) is 0.938. The molecule has 0 rings (SSSR count). The number of carbonyl (C=O) groups is 4. The summed E-state index contributed by atoms with van der Waals surface area (Å²) in [5.41, 5.74) is 0. The molecule has 5 atom stereocenters. The van der Waals surface area contributed by atoms with E-state index in [0.717, 1.165) is 96.3 Å². The number of ether oxygens (including phenoxy) is 4. The first-order chi connectivity index (χ1) is 40.2.